The van der Waals surface area contributed by atoms with E-state index in [0.29, 0.717) is 5.92 Å². The number of fused-ring (bicyclic) bond motifs is 4. The molecule has 0 saturated heterocycles. The Kier molecular flexibility index (Phi) is 8.15. The highest BCUT2D eigenvalue weighted by Crippen LogP contribution is 2.45. The zero-order chi connectivity index (χ0) is 35.8. The first-order valence-electron chi connectivity index (χ1n) is 18.9. The van der Waals surface area contributed by atoms with E-state index in [1.165, 1.54) is 44.2 Å². The highest BCUT2D eigenvalue weighted by atomic mass is 16.3. The smallest absolute Gasteiger partial charge is 0.159 e. The summed E-state index contributed by atoms with van der Waals surface area (Å²) in [5.41, 5.74) is 12.9. The fourth-order valence-corrected chi connectivity index (χ4v) is 8.41. The van der Waals surface area contributed by atoms with Crippen LogP contribution in [0.15, 0.2) is 210 Å². The standard InChI is InChI=1S/C52H39NO/c1-3-13-36(14-4-1)44-33-45(37-15-5-2-6-16-37)35-47(34-44)53(50-23-12-22-49-48-21-9-10-24-51(48)54-52(49)50)46-29-27-39(28-30-46)41-19-11-20-42(31-41)43-26-25-38-17-7-8-18-40(38)32-43/h1-30,32,34-35,41,44H,31,33H2. The largest absolute Gasteiger partial charge is 0.454 e. The lowest BCUT2D eigenvalue weighted by Crippen LogP contribution is -2.19. The quantitative estimate of drug-likeness (QED) is 0.165. The number of hydrogen-bond donors (Lipinski definition) is 0. The molecule has 0 amide bonds. The van der Waals surface area contributed by atoms with Gasteiger partial charge in [0.15, 0.2) is 5.58 Å². The summed E-state index contributed by atoms with van der Waals surface area (Å²) in [6, 6.07) is 61.3. The number of rotatable bonds is 7. The molecule has 0 saturated carbocycles. The summed E-state index contributed by atoms with van der Waals surface area (Å²) >= 11 is 0. The van der Waals surface area contributed by atoms with Gasteiger partial charge in [-0.15, -0.1) is 0 Å². The van der Waals surface area contributed by atoms with Crippen molar-refractivity contribution in [3.63, 3.8) is 0 Å². The second-order valence-corrected chi connectivity index (χ2v) is 14.5. The summed E-state index contributed by atoms with van der Waals surface area (Å²) in [7, 11) is 0. The van der Waals surface area contributed by atoms with Crippen LogP contribution in [0.25, 0.3) is 43.9 Å². The van der Waals surface area contributed by atoms with Crippen LogP contribution in [0.2, 0.25) is 0 Å². The first-order chi connectivity index (χ1) is 26.7. The Morgan fingerprint density at radius 2 is 1.22 bits per heavy atom. The lowest BCUT2D eigenvalue weighted by atomic mass is 9.84. The molecular weight excluding hydrogens is 655 g/mol. The van der Waals surface area contributed by atoms with E-state index in [0.717, 1.165) is 51.9 Å². The normalized spacial score (nSPS) is 17.0. The van der Waals surface area contributed by atoms with Crippen LogP contribution in [-0.2, 0) is 0 Å². The second kappa shape index (κ2) is 13.7. The summed E-state index contributed by atoms with van der Waals surface area (Å²) in [6.07, 6.45) is 13.6. The first kappa shape index (κ1) is 32.0. The average molecular weight is 694 g/mol. The monoisotopic (exact) mass is 693 g/mol. The fourth-order valence-electron chi connectivity index (χ4n) is 8.41. The van der Waals surface area contributed by atoms with Gasteiger partial charge in [0.2, 0.25) is 0 Å². The van der Waals surface area contributed by atoms with Gasteiger partial charge in [-0.1, -0.05) is 164 Å². The van der Waals surface area contributed by atoms with Crippen molar-refractivity contribution in [2.24, 2.45) is 0 Å². The van der Waals surface area contributed by atoms with Crippen molar-refractivity contribution in [2.45, 2.75) is 24.7 Å². The zero-order valence-corrected chi connectivity index (χ0v) is 30.0. The van der Waals surface area contributed by atoms with E-state index in [2.05, 4.69) is 199 Å². The number of hydrogen-bond acceptors (Lipinski definition) is 2. The van der Waals surface area contributed by atoms with E-state index in [1.807, 2.05) is 6.07 Å². The molecule has 2 aliphatic rings. The van der Waals surface area contributed by atoms with Crippen LogP contribution < -0.4 is 4.90 Å². The number of anilines is 2. The van der Waals surface area contributed by atoms with Gasteiger partial charge in [0, 0.05) is 34.0 Å². The molecule has 2 atom stereocenters. The highest BCUT2D eigenvalue weighted by molar-refractivity contribution is 6.10. The molecule has 2 aliphatic carbocycles. The van der Waals surface area contributed by atoms with Crippen molar-refractivity contribution < 1.29 is 4.42 Å². The van der Waals surface area contributed by atoms with Crippen molar-refractivity contribution in [1.82, 2.24) is 0 Å². The van der Waals surface area contributed by atoms with E-state index in [4.69, 9.17) is 4.42 Å². The van der Waals surface area contributed by atoms with Crippen LogP contribution >= 0.6 is 0 Å². The Hall–Kier alpha value is -6.64. The molecule has 2 heteroatoms. The molecule has 8 aromatic rings. The minimum absolute atomic E-state index is 0.214. The molecule has 1 heterocycles. The third kappa shape index (κ3) is 5.96. The third-order valence-electron chi connectivity index (χ3n) is 11.2. The molecule has 10 rings (SSSR count). The third-order valence-corrected chi connectivity index (χ3v) is 11.2. The predicted octanol–water partition coefficient (Wildman–Crippen LogP) is 14.2. The zero-order valence-electron chi connectivity index (χ0n) is 30.0. The Balaban J connectivity index is 1.07. The van der Waals surface area contributed by atoms with Gasteiger partial charge in [-0.2, -0.15) is 0 Å². The lowest BCUT2D eigenvalue weighted by molar-refractivity contribution is 0.668. The molecule has 2 nitrogen and oxygen atoms in total. The van der Waals surface area contributed by atoms with E-state index < -0.39 is 0 Å². The number of para-hydroxylation sites is 2. The van der Waals surface area contributed by atoms with Gasteiger partial charge < -0.3 is 9.32 Å². The highest BCUT2D eigenvalue weighted by Gasteiger charge is 2.26. The van der Waals surface area contributed by atoms with Gasteiger partial charge >= 0.3 is 0 Å². The molecule has 54 heavy (non-hydrogen) atoms. The maximum Gasteiger partial charge on any atom is 0.159 e. The van der Waals surface area contributed by atoms with Gasteiger partial charge in [0.25, 0.3) is 0 Å². The van der Waals surface area contributed by atoms with Crippen molar-refractivity contribution in [1.29, 1.82) is 0 Å². The van der Waals surface area contributed by atoms with E-state index in [1.54, 1.807) is 0 Å². The van der Waals surface area contributed by atoms with Gasteiger partial charge in [-0.05, 0) is 93.4 Å². The van der Waals surface area contributed by atoms with Gasteiger partial charge in [-0.25, -0.2) is 0 Å². The van der Waals surface area contributed by atoms with Crippen molar-refractivity contribution in [3.05, 3.63) is 228 Å². The SMILES string of the molecule is C1=CC(c2ccc(N(C3=CC(c4ccccc4)CC(c4ccccc4)=C3)c3cccc4c3oc3ccccc34)cc2)CC(c2ccc3ccccc3c2)=C1. The average Bonchev–Trinajstić information content (AvgIpc) is 3.64. The molecule has 0 bridgehead atoms. The Bertz CT molecular complexity index is 2760. The van der Waals surface area contributed by atoms with Crippen LogP contribution in [0.5, 0.6) is 0 Å². The minimum atomic E-state index is 0.214. The van der Waals surface area contributed by atoms with Crippen molar-refractivity contribution in [2.75, 3.05) is 4.90 Å². The first-order valence-corrected chi connectivity index (χ1v) is 18.9. The molecule has 258 valence electrons. The predicted molar refractivity (Wildman–Crippen MR) is 227 cm³/mol. The molecular formula is C52H39NO. The number of furan rings is 1. The summed E-state index contributed by atoms with van der Waals surface area (Å²) < 4.78 is 6.69. The number of nitrogens with zero attached hydrogens (tertiary/aromatic N) is 1. The Morgan fingerprint density at radius 3 is 2.07 bits per heavy atom. The lowest BCUT2D eigenvalue weighted by Gasteiger charge is -2.32. The second-order valence-electron chi connectivity index (χ2n) is 14.5. The van der Waals surface area contributed by atoms with Gasteiger partial charge in [0.05, 0.1) is 5.69 Å². The fraction of sp³-hybridized carbons (Fsp3) is 0.0769. The maximum atomic E-state index is 6.69. The Morgan fingerprint density at radius 1 is 0.519 bits per heavy atom. The van der Waals surface area contributed by atoms with Crippen LogP contribution in [-0.4, -0.2) is 0 Å². The van der Waals surface area contributed by atoms with Crippen LogP contribution in [0, 0.1) is 0 Å². The Labute approximate surface area is 316 Å². The van der Waals surface area contributed by atoms with Crippen LogP contribution in [0.4, 0.5) is 11.4 Å². The van der Waals surface area contributed by atoms with Crippen molar-refractivity contribution in [3.8, 4) is 0 Å². The van der Waals surface area contributed by atoms with Gasteiger partial charge in [0.1, 0.15) is 5.58 Å². The molecule has 0 fully saturated rings. The number of benzene rings is 7. The summed E-state index contributed by atoms with van der Waals surface area (Å²) in [5.74, 6) is 0.504. The molecule has 0 spiro atoms. The molecule has 1 aromatic heterocycles. The molecule has 2 unspecified atom stereocenters. The topological polar surface area (TPSA) is 16.4 Å². The van der Waals surface area contributed by atoms with Crippen LogP contribution in [0.3, 0.4) is 0 Å². The minimum Gasteiger partial charge on any atom is -0.454 e. The maximum absolute atomic E-state index is 6.69. The van der Waals surface area contributed by atoms with E-state index in [9.17, 15) is 0 Å². The molecule has 0 aliphatic heterocycles. The number of allylic oxidation sites excluding steroid dienone is 7. The van der Waals surface area contributed by atoms with Crippen LogP contribution in [0.1, 0.15) is 46.9 Å². The summed E-state index contributed by atoms with van der Waals surface area (Å²) in [4.78, 5) is 2.41. The van der Waals surface area contributed by atoms with Crippen molar-refractivity contribution >= 4 is 55.2 Å². The summed E-state index contributed by atoms with van der Waals surface area (Å²) in [6.45, 7) is 0. The summed E-state index contributed by atoms with van der Waals surface area (Å²) in [5, 5.41) is 4.80. The molecule has 0 radical (unpaired) electrons. The molecule has 0 N–H and O–H groups in total. The van der Waals surface area contributed by atoms with E-state index in [-0.39, 0.29) is 5.92 Å². The van der Waals surface area contributed by atoms with Gasteiger partial charge in [-0.3, -0.25) is 0 Å². The van der Waals surface area contributed by atoms with E-state index >= 15 is 0 Å². The molecule has 7 aromatic carbocycles.